The number of hydrogen-bond donors (Lipinski definition) is 1. The van der Waals surface area contributed by atoms with Gasteiger partial charge in [-0.15, -0.1) is 0 Å². The van der Waals surface area contributed by atoms with Gasteiger partial charge in [0.2, 0.25) is 0 Å². The maximum absolute atomic E-state index is 12.3. The molecule has 1 fully saturated rings. The van der Waals surface area contributed by atoms with E-state index in [1.165, 1.54) is 7.11 Å². The van der Waals surface area contributed by atoms with E-state index in [0.29, 0.717) is 25.3 Å². The first-order valence-corrected chi connectivity index (χ1v) is 8.63. The van der Waals surface area contributed by atoms with E-state index in [9.17, 15) is 4.79 Å². The Bertz CT molecular complexity index is 740. The lowest BCUT2D eigenvalue weighted by Crippen LogP contribution is -2.37. The fourth-order valence-corrected chi connectivity index (χ4v) is 2.95. The fraction of sp³-hybridized carbons (Fsp3) is 0.350. The third kappa shape index (κ3) is 4.26. The number of nitrogens with zero attached hydrogens (tertiary/aromatic N) is 1. The molecule has 6 nitrogen and oxygen atoms in total. The van der Waals surface area contributed by atoms with Crippen LogP contribution in [0, 0.1) is 0 Å². The summed E-state index contributed by atoms with van der Waals surface area (Å²) in [5.74, 6) is 0.496. The van der Waals surface area contributed by atoms with Crippen molar-refractivity contribution in [3.63, 3.8) is 0 Å². The van der Waals surface area contributed by atoms with E-state index in [4.69, 9.17) is 14.2 Å². The number of benzene rings is 2. The van der Waals surface area contributed by atoms with Crippen LogP contribution in [-0.4, -0.2) is 46.5 Å². The van der Waals surface area contributed by atoms with Crippen molar-refractivity contribution in [1.82, 2.24) is 0 Å². The Morgan fingerprint density at radius 1 is 1.12 bits per heavy atom. The van der Waals surface area contributed by atoms with E-state index in [1.54, 1.807) is 7.11 Å². The maximum Gasteiger partial charge on any atom is 0.340 e. The van der Waals surface area contributed by atoms with Crippen molar-refractivity contribution in [2.75, 3.05) is 50.7 Å². The third-order valence-corrected chi connectivity index (χ3v) is 4.41. The van der Waals surface area contributed by atoms with Gasteiger partial charge in [-0.05, 0) is 35.9 Å². The molecule has 6 heteroatoms. The number of esters is 1. The van der Waals surface area contributed by atoms with Crippen molar-refractivity contribution in [3.05, 3.63) is 53.6 Å². The SMILES string of the molecule is COC(=O)c1cc(NCc2ccc(OC)cc2)ccc1N1CCOCC1. The number of ether oxygens (including phenoxy) is 3. The highest BCUT2D eigenvalue weighted by Gasteiger charge is 2.19. The van der Waals surface area contributed by atoms with E-state index in [0.717, 1.165) is 35.8 Å². The molecule has 0 amide bonds. The minimum absolute atomic E-state index is 0.334. The number of nitrogens with one attached hydrogen (secondary N) is 1. The number of methoxy groups -OCH3 is 2. The molecule has 0 saturated carbocycles. The summed E-state index contributed by atoms with van der Waals surface area (Å²) in [5, 5.41) is 3.36. The molecule has 2 aromatic rings. The number of carbonyl (C=O) groups excluding carboxylic acids is 1. The highest BCUT2D eigenvalue weighted by molar-refractivity contribution is 5.97. The largest absolute Gasteiger partial charge is 0.497 e. The van der Waals surface area contributed by atoms with Gasteiger partial charge in [0.15, 0.2) is 0 Å². The van der Waals surface area contributed by atoms with Crippen molar-refractivity contribution < 1.29 is 19.0 Å². The molecule has 0 bridgehead atoms. The van der Waals surface area contributed by atoms with E-state index < -0.39 is 0 Å². The van der Waals surface area contributed by atoms with Crippen LogP contribution in [0.25, 0.3) is 0 Å². The first-order valence-electron chi connectivity index (χ1n) is 8.63. The van der Waals surface area contributed by atoms with Crippen molar-refractivity contribution in [2.24, 2.45) is 0 Å². The van der Waals surface area contributed by atoms with Crippen molar-refractivity contribution in [2.45, 2.75) is 6.54 Å². The lowest BCUT2D eigenvalue weighted by Gasteiger charge is -2.30. The summed E-state index contributed by atoms with van der Waals surface area (Å²) in [6.07, 6.45) is 0. The molecule has 0 radical (unpaired) electrons. The Hall–Kier alpha value is -2.73. The maximum atomic E-state index is 12.3. The molecule has 138 valence electrons. The molecule has 1 aliphatic rings. The zero-order chi connectivity index (χ0) is 18.4. The van der Waals surface area contributed by atoms with Gasteiger partial charge in [0, 0.05) is 25.3 Å². The Morgan fingerprint density at radius 2 is 1.85 bits per heavy atom. The molecule has 0 aliphatic carbocycles. The molecule has 26 heavy (non-hydrogen) atoms. The molecule has 0 aromatic heterocycles. The van der Waals surface area contributed by atoms with Crippen molar-refractivity contribution >= 4 is 17.3 Å². The van der Waals surface area contributed by atoms with Crippen LogP contribution in [0.15, 0.2) is 42.5 Å². The van der Waals surface area contributed by atoms with Crippen LogP contribution in [0.3, 0.4) is 0 Å². The topological polar surface area (TPSA) is 60.0 Å². The highest BCUT2D eigenvalue weighted by Crippen LogP contribution is 2.26. The second-order valence-corrected chi connectivity index (χ2v) is 6.02. The Labute approximate surface area is 153 Å². The minimum Gasteiger partial charge on any atom is -0.497 e. The molecule has 1 N–H and O–H groups in total. The molecule has 1 saturated heterocycles. The number of anilines is 2. The summed E-state index contributed by atoms with van der Waals surface area (Å²) in [5.41, 5.74) is 3.45. The van der Waals surface area contributed by atoms with Gasteiger partial charge in [0.25, 0.3) is 0 Å². The van der Waals surface area contributed by atoms with Gasteiger partial charge in [-0.2, -0.15) is 0 Å². The number of morpholine rings is 1. The van der Waals surface area contributed by atoms with Crippen LogP contribution in [0.5, 0.6) is 5.75 Å². The number of hydrogen-bond acceptors (Lipinski definition) is 6. The minimum atomic E-state index is -0.334. The summed E-state index contributed by atoms with van der Waals surface area (Å²) in [6, 6.07) is 13.7. The summed E-state index contributed by atoms with van der Waals surface area (Å²) < 4.78 is 15.5. The van der Waals surface area contributed by atoms with Gasteiger partial charge >= 0.3 is 5.97 Å². The Morgan fingerprint density at radius 3 is 2.50 bits per heavy atom. The van der Waals surface area contributed by atoms with E-state index in [1.807, 2.05) is 42.5 Å². The molecular formula is C20H24N2O4. The van der Waals surface area contributed by atoms with Gasteiger partial charge < -0.3 is 24.4 Å². The summed E-state index contributed by atoms with van der Waals surface area (Å²) in [7, 11) is 3.06. The van der Waals surface area contributed by atoms with Crippen LogP contribution in [0.2, 0.25) is 0 Å². The normalized spacial score (nSPS) is 14.0. The second kappa shape index (κ2) is 8.58. The summed E-state index contributed by atoms with van der Waals surface area (Å²) in [4.78, 5) is 14.4. The average molecular weight is 356 g/mol. The average Bonchev–Trinajstić information content (AvgIpc) is 2.72. The molecule has 1 heterocycles. The van der Waals surface area contributed by atoms with Gasteiger partial charge in [-0.3, -0.25) is 0 Å². The zero-order valence-corrected chi connectivity index (χ0v) is 15.2. The number of rotatable bonds is 6. The molecule has 3 rings (SSSR count). The third-order valence-electron chi connectivity index (χ3n) is 4.41. The molecule has 0 unspecified atom stereocenters. The first-order chi connectivity index (χ1) is 12.7. The van der Waals surface area contributed by atoms with E-state index >= 15 is 0 Å². The monoisotopic (exact) mass is 356 g/mol. The zero-order valence-electron chi connectivity index (χ0n) is 15.2. The second-order valence-electron chi connectivity index (χ2n) is 6.02. The molecule has 1 aliphatic heterocycles. The van der Waals surface area contributed by atoms with Crippen LogP contribution >= 0.6 is 0 Å². The van der Waals surface area contributed by atoms with Crippen LogP contribution in [0.1, 0.15) is 15.9 Å². The Balaban J connectivity index is 1.75. The predicted molar refractivity (Wildman–Crippen MR) is 101 cm³/mol. The van der Waals surface area contributed by atoms with Crippen LogP contribution in [0.4, 0.5) is 11.4 Å². The molecular weight excluding hydrogens is 332 g/mol. The summed E-state index contributed by atoms with van der Waals surface area (Å²) >= 11 is 0. The smallest absolute Gasteiger partial charge is 0.340 e. The number of carbonyl (C=O) groups is 1. The van der Waals surface area contributed by atoms with Gasteiger partial charge in [-0.25, -0.2) is 4.79 Å². The summed E-state index contributed by atoms with van der Waals surface area (Å²) in [6.45, 7) is 3.52. The molecule has 2 aromatic carbocycles. The lowest BCUT2D eigenvalue weighted by atomic mass is 10.1. The standard InChI is InChI=1S/C20H24N2O4/c1-24-17-6-3-15(4-7-17)14-21-16-5-8-19(18(13-16)20(23)25-2)22-9-11-26-12-10-22/h3-8,13,21H,9-12,14H2,1-2H3. The molecule has 0 atom stereocenters. The van der Waals surface area contributed by atoms with Crippen molar-refractivity contribution in [1.29, 1.82) is 0 Å². The van der Waals surface area contributed by atoms with Gasteiger partial charge in [-0.1, -0.05) is 12.1 Å². The first kappa shape index (κ1) is 18.1. The van der Waals surface area contributed by atoms with Crippen LogP contribution in [-0.2, 0) is 16.0 Å². The van der Waals surface area contributed by atoms with Gasteiger partial charge in [0.05, 0.1) is 38.7 Å². The van der Waals surface area contributed by atoms with E-state index in [2.05, 4.69) is 10.2 Å². The van der Waals surface area contributed by atoms with Crippen molar-refractivity contribution in [3.8, 4) is 5.75 Å². The fourth-order valence-electron chi connectivity index (χ4n) is 2.95. The molecule has 0 spiro atoms. The predicted octanol–water partition coefficient (Wildman–Crippen LogP) is 2.93. The van der Waals surface area contributed by atoms with E-state index in [-0.39, 0.29) is 5.97 Å². The van der Waals surface area contributed by atoms with Gasteiger partial charge in [0.1, 0.15) is 5.75 Å². The van der Waals surface area contributed by atoms with Crippen LogP contribution < -0.4 is 15.0 Å². The lowest BCUT2D eigenvalue weighted by molar-refractivity contribution is 0.0600. The quantitative estimate of drug-likeness (QED) is 0.803. The highest BCUT2D eigenvalue weighted by atomic mass is 16.5. The Kier molecular flexibility index (Phi) is 5.96.